The minimum absolute atomic E-state index is 0.0389. The molecule has 0 aromatic rings. The van der Waals surface area contributed by atoms with Crippen LogP contribution in [0.4, 0.5) is 0 Å². The maximum Gasteiger partial charge on any atom is 0.303 e. The van der Waals surface area contributed by atoms with E-state index in [1.165, 1.54) is 0 Å². The molecule has 0 aromatic carbocycles. The first-order chi connectivity index (χ1) is 5.61. The summed E-state index contributed by atoms with van der Waals surface area (Å²) >= 11 is 0. The van der Waals surface area contributed by atoms with E-state index in [1.807, 2.05) is 0 Å². The van der Waals surface area contributed by atoms with Gasteiger partial charge in [0.05, 0.1) is 6.04 Å². The van der Waals surface area contributed by atoms with Crippen LogP contribution in [0.2, 0.25) is 0 Å². The van der Waals surface area contributed by atoms with Crippen molar-refractivity contribution in [1.29, 1.82) is 0 Å². The van der Waals surface area contributed by atoms with Gasteiger partial charge in [-0.2, -0.15) is 0 Å². The molecule has 0 radical (unpaired) electrons. The quantitative estimate of drug-likeness (QED) is 0.610. The average Bonchev–Trinajstić information content (AvgIpc) is 2.04. The average molecular weight is 173 g/mol. The predicted octanol–water partition coefficient (Wildman–Crippen LogP) is 0.418. The Kier molecular flexibility index (Phi) is 5.28. The van der Waals surface area contributed by atoms with Crippen molar-refractivity contribution in [3.8, 4) is 0 Å². The summed E-state index contributed by atoms with van der Waals surface area (Å²) in [5, 5.41) is 11.2. The van der Waals surface area contributed by atoms with Crippen molar-refractivity contribution < 1.29 is 14.7 Å². The van der Waals surface area contributed by atoms with Crippen LogP contribution >= 0.6 is 0 Å². The molecule has 4 heteroatoms. The highest BCUT2D eigenvalue weighted by molar-refractivity contribution is 5.84. The van der Waals surface area contributed by atoms with Crippen LogP contribution in [-0.4, -0.2) is 29.9 Å². The van der Waals surface area contributed by atoms with Gasteiger partial charge in [-0.05, 0) is 13.5 Å². The van der Waals surface area contributed by atoms with Crippen molar-refractivity contribution in [1.82, 2.24) is 5.32 Å². The molecule has 0 saturated heterocycles. The molecule has 0 bridgehead atoms. The van der Waals surface area contributed by atoms with Crippen LogP contribution in [-0.2, 0) is 9.59 Å². The number of likely N-dealkylation sites (N-methyl/N-ethyl adjacent to an activating group) is 1. The second-order valence-corrected chi connectivity index (χ2v) is 2.59. The number of hydrogen-bond acceptors (Lipinski definition) is 3. The topological polar surface area (TPSA) is 66.4 Å². The molecule has 0 heterocycles. The Balaban J connectivity index is 3.83. The van der Waals surface area contributed by atoms with Crippen LogP contribution in [0.3, 0.4) is 0 Å². The van der Waals surface area contributed by atoms with Crippen molar-refractivity contribution in [3.05, 3.63) is 0 Å². The number of Topliss-reactive ketones (excluding diaryl/α,β-unsaturated/α-hetero) is 1. The smallest absolute Gasteiger partial charge is 0.303 e. The highest BCUT2D eigenvalue weighted by Crippen LogP contribution is 2.00. The lowest BCUT2D eigenvalue weighted by Gasteiger charge is -2.11. The zero-order valence-corrected chi connectivity index (χ0v) is 7.46. The highest BCUT2D eigenvalue weighted by Gasteiger charge is 2.14. The third-order valence-electron chi connectivity index (χ3n) is 1.73. The molecule has 70 valence electrons. The van der Waals surface area contributed by atoms with E-state index in [0.29, 0.717) is 12.8 Å². The van der Waals surface area contributed by atoms with Crippen LogP contribution in [0.25, 0.3) is 0 Å². The molecular weight excluding hydrogens is 158 g/mol. The van der Waals surface area contributed by atoms with Crippen LogP contribution < -0.4 is 5.32 Å². The number of ketones is 1. The van der Waals surface area contributed by atoms with E-state index in [4.69, 9.17) is 5.11 Å². The summed E-state index contributed by atoms with van der Waals surface area (Å²) < 4.78 is 0. The van der Waals surface area contributed by atoms with Crippen LogP contribution in [0, 0.1) is 0 Å². The van der Waals surface area contributed by atoms with Crippen molar-refractivity contribution in [3.63, 3.8) is 0 Å². The van der Waals surface area contributed by atoms with Gasteiger partial charge in [-0.3, -0.25) is 9.59 Å². The van der Waals surface area contributed by atoms with E-state index in [-0.39, 0.29) is 18.2 Å². The van der Waals surface area contributed by atoms with E-state index >= 15 is 0 Å². The number of hydrogen-bond donors (Lipinski definition) is 2. The molecule has 0 spiro atoms. The maximum absolute atomic E-state index is 11.1. The van der Waals surface area contributed by atoms with Gasteiger partial charge in [0.1, 0.15) is 5.78 Å². The molecule has 1 unspecified atom stereocenters. The second-order valence-electron chi connectivity index (χ2n) is 2.59. The van der Waals surface area contributed by atoms with E-state index in [9.17, 15) is 9.59 Å². The van der Waals surface area contributed by atoms with Gasteiger partial charge in [-0.15, -0.1) is 0 Å². The molecule has 0 fully saturated rings. The molecule has 12 heavy (non-hydrogen) atoms. The van der Waals surface area contributed by atoms with Crippen LogP contribution in [0.15, 0.2) is 0 Å². The van der Waals surface area contributed by atoms with Gasteiger partial charge in [-0.25, -0.2) is 0 Å². The lowest BCUT2D eigenvalue weighted by molar-refractivity contribution is -0.137. The third-order valence-corrected chi connectivity index (χ3v) is 1.73. The fraction of sp³-hybridized carbons (Fsp3) is 0.750. The zero-order chi connectivity index (χ0) is 9.56. The fourth-order valence-corrected chi connectivity index (χ4v) is 0.981. The first-order valence-corrected chi connectivity index (χ1v) is 4.03. The van der Waals surface area contributed by atoms with E-state index in [1.54, 1.807) is 14.0 Å². The standard InChI is InChI=1S/C8H15NO3/c1-3-7(10)6(9-2)4-5-8(11)12/h6,9H,3-5H2,1-2H3,(H,11,12). The number of nitrogens with one attached hydrogen (secondary N) is 1. The number of rotatable bonds is 6. The molecule has 0 aliphatic rings. The van der Waals surface area contributed by atoms with Crippen molar-refractivity contribution in [2.24, 2.45) is 0 Å². The molecule has 1 atom stereocenters. The summed E-state index contributed by atoms with van der Waals surface area (Å²) in [4.78, 5) is 21.3. The van der Waals surface area contributed by atoms with Gasteiger partial charge < -0.3 is 10.4 Å². The summed E-state index contributed by atoms with van der Waals surface area (Å²) in [6.07, 6.45) is 0.862. The van der Waals surface area contributed by atoms with Gasteiger partial charge in [-0.1, -0.05) is 6.92 Å². The molecule has 0 rings (SSSR count). The lowest BCUT2D eigenvalue weighted by atomic mass is 10.1. The molecule has 0 aromatic heterocycles. The van der Waals surface area contributed by atoms with E-state index in [2.05, 4.69) is 5.32 Å². The summed E-state index contributed by atoms with van der Waals surface area (Å²) in [5.41, 5.74) is 0. The molecular formula is C8H15NO3. The number of carbonyl (C=O) groups is 2. The summed E-state index contributed by atoms with van der Waals surface area (Å²) in [5.74, 6) is -0.794. The van der Waals surface area contributed by atoms with Gasteiger partial charge in [0.2, 0.25) is 0 Å². The molecule has 0 aliphatic carbocycles. The van der Waals surface area contributed by atoms with Crippen molar-refractivity contribution in [2.75, 3.05) is 7.05 Å². The SMILES string of the molecule is CCC(=O)C(CCC(=O)O)NC. The number of carboxylic acids is 1. The maximum atomic E-state index is 11.1. The van der Waals surface area contributed by atoms with Crippen molar-refractivity contribution >= 4 is 11.8 Å². The normalized spacial score (nSPS) is 12.5. The van der Waals surface area contributed by atoms with E-state index in [0.717, 1.165) is 0 Å². The van der Waals surface area contributed by atoms with Crippen molar-refractivity contribution in [2.45, 2.75) is 32.2 Å². The Morgan fingerprint density at radius 3 is 2.42 bits per heavy atom. The largest absolute Gasteiger partial charge is 0.481 e. The summed E-state index contributed by atoms with van der Waals surface area (Å²) in [7, 11) is 1.67. The first kappa shape index (κ1) is 11.1. The van der Waals surface area contributed by atoms with Gasteiger partial charge in [0.15, 0.2) is 0 Å². The Hall–Kier alpha value is -0.900. The highest BCUT2D eigenvalue weighted by atomic mass is 16.4. The summed E-state index contributed by atoms with van der Waals surface area (Å²) in [6.45, 7) is 1.77. The van der Waals surface area contributed by atoms with Gasteiger partial charge >= 0.3 is 5.97 Å². The molecule has 2 N–H and O–H groups in total. The zero-order valence-electron chi connectivity index (χ0n) is 7.46. The molecule has 0 amide bonds. The van der Waals surface area contributed by atoms with Gasteiger partial charge in [0.25, 0.3) is 0 Å². The minimum atomic E-state index is -0.862. The number of carbonyl (C=O) groups excluding carboxylic acids is 1. The first-order valence-electron chi connectivity index (χ1n) is 4.03. The monoisotopic (exact) mass is 173 g/mol. The molecule has 0 saturated carbocycles. The fourth-order valence-electron chi connectivity index (χ4n) is 0.981. The second kappa shape index (κ2) is 5.71. The Labute approximate surface area is 72.0 Å². The third kappa shape index (κ3) is 4.08. The Bertz CT molecular complexity index is 168. The summed E-state index contributed by atoms with van der Waals surface area (Å²) in [6, 6.07) is -0.300. The lowest BCUT2D eigenvalue weighted by Crippen LogP contribution is -2.34. The predicted molar refractivity (Wildman–Crippen MR) is 45.0 cm³/mol. The Morgan fingerprint density at radius 1 is 1.50 bits per heavy atom. The molecule has 4 nitrogen and oxygen atoms in total. The number of carboxylic acid groups (broad SMARTS) is 1. The van der Waals surface area contributed by atoms with E-state index < -0.39 is 5.97 Å². The van der Waals surface area contributed by atoms with Gasteiger partial charge in [0, 0.05) is 12.8 Å². The van der Waals surface area contributed by atoms with Crippen LogP contribution in [0.1, 0.15) is 26.2 Å². The van der Waals surface area contributed by atoms with Crippen LogP contribution in [0.5, 0.6) is 0 Å². The molecule has 0 aliphatic heterocycles. The Morgan fingerprint density at radius 2 is 2.08 bits per heavy atom. The minimum Gasteiger partial charge on any atom is -0.481 e. The number of aliphatic carboxylic acids is 1.